The molecular formula is C16H21N5O. The van der Waals surface area contributed by atoms with Crippen molar-refractivity contribution in [3.05, 3.63) is 47.6 Å². The van der Waals surface area contributed by atoms with E-state index >= 15 is 0 Å². The lowest BCUT2D eigenvalue weighted by molar-refractivity contribution is 0.476. The van der Waals surface area contributed by atoms with Crippen LogP contribution in [-0.4, -0.2) is 26.5 Å². The Hall–Kier alpha value is -2.34. The Morgan fingerprint density at radius 1 is 1.27 bits per heavy atom. The summed E-state index contributed by atoms with van der Waals surface area (Å²) in [4.78, 5) is 0. The predicted octanol–water partition coefficient (Wildman–Crippen LogP) is 2.66. The molecule has 0 fully saturated rings. The molecule has 0 spiro atoms. The van der Waals surface area contributed by atoms with Gasteiger partial charge >= 0.3 is 0 Å². The third-order valence-electron chi connectivity index (χ3n) is 3.55. The first-order valence-corrected chi connectivity index (χ1v) is 7.52. The molecule has 0 aliphatic heterocycles. The molecule has 3 rings (SSSR count). The molecular weight excluding hydrogens is 278 g/mol. The van der Waals surface area contributed by atoms with E-state index in [-0.39, 0.29) is 0 Å². The van der Waals surface area contributed by atoms with Crippen LogP contribution in [-0.2, 0) is 13.1 Å². The summed E-state index contributed by atoms with van der Waals surface area (Å²) < 4.78 is 7.82. The van der Waals surface area contributed by atoms with Crippen molar-refractivity contribution < 1.29 is 4.42 Å². The lowest BCUT2D eigenvalue weighted by atomic mass is 10.3. The number of nitrogens with one attached hydrogen (secondary N) is 2. The highest BCUT2D eigenvalue weighted by Crippen LogP contribution is 2.19. The summed E-state index contributed by atoms with van der Waals surface area (Å²) in [6.07, 6.45) is 2.75. The number of aromatic amines is 1. The van der Waals surface area contributed by atoms with Crippen LogP contribution in [0.2, 0.25) is 0 Å². The van der Waals surface area contributed by atoms with E-state index in [0.29, 0.717) is 0 Å². The van der Waals surface area contributed by atoms with Crippen molar-refractivity contribution in [1.29, 1.82) is 0 Å². The van der Waals surface area contributed by atoms with Gasteiger partial charge in [0.15, 0.2) is 5.76 Å². The van der Waals surface area contributed by atoms with Crippen LogP contribution in [0.4, 0.5) is 0 Å². The summed E-state index contributed by atoms with van der Waals surface area (Å²) in [7, 11) is 0. The lowest BCUT2D eigenvalue weighted by Crippen LogP contribution is -2.16. The van der Waals surface area contributed by atoms with E-state index < -0.39 is 0 Å². The summed E-state index contributed by atoms with van der Waals surface area (Å²) in [6.45, 7) is 6.71. The van der Waals surface area contributed by atoms with Crippen molar-refractivity contribution >= 4 is 0 Å². The minimum atomic E-state index is 0.727. The van der Waals surface area contributed by atoms with Gasteiger partial charge in [0.1, 0.15) is 11.5 Å². The number of furan rings is 1. The smallest absolute Gasteiger partial charge is 0.152 e. The van der Waals surface area contributed by atoms with Gasteiger partial charge in [-0.05, 0) is 51.1 Å². The topological polar surface area (TPSA) is 71.7 Å². The van der Waals surface area contributed by atoms with E-state index in [1.54, 1.807) is 6.20 Å². The summed E-state index contributed by atoms with van der Waals surface area (Å²) in [5.74, 6) is 1.74. The van der Waals surface area contributed by atoms with E-state index in [0.717, 1.165) is 49.0 Å². The fraction of sp³-hybridized carbons (Fsp3) is 0.375. The molecule has 0 radical (unpaired) electrons. The van der Waals surface area contributed by atoms with Gasteiger partial charge in [0.2, 0.25) is 0 Å². The summed E-state index contributed by atoms with van der Waals surface area (Å²) in [5, 5.41) is 14.7. The average Bonchev–Trinajstić information content (AvgIpc) is 3.20. The molecule has 0 saturated carbocycles. The highest BCUT2D eigenvalue weighted by atomic mass is 16.3. The number of nitrogens with zero attached hydrogens (tertiary/aromatic N) is 3. The molecule has 3 aromatic heterocycles. The molecule has 2 N–H and O–H groups in total. The molecule has 0 unspecified atom stereocenters. The molecule has 3 aromatic rings. The second kappa shape index (κ2) is 6.62. The molecule has 22 heavy (non-hydrogen) atoms. The van der Waals surface area contributed by atoms with E-state index in [9.17, 15) is 0 Å². The summed E-state index contributed by atoms with van der Waals surface area (Å²) in [6, 6.07) is 7.95. The second-order valence-corrected chi connectivity index (χ2v) is 5.42. The quantitative estimate of drug-likeness (QED) is 0.658. The van der Waals surface area contributed by atoms with Gasteiger partial charge in [-0.3, -0.25) is 9.78 Å². The zero-order valence-electron chi connectivity index (χ0n) is 13.0. The number of rotatable bonds is 7. The van der Waals surface area contributed by atoms with Crippen LogP contribution in [0.1, 0.15) is 23.6 Å². The van der Waals surface area contributed by atoms with Crippen molar-refractivity contribution in [2.75, 3.05) is 6.54 Å². The Balaban J connectivity index is 1.41. The zero-order chi connectivity index (χ0) is 15.4. The standard InChI is InChI=1S/C16H21N5O/c1-12-10-13(2)21(20-12)9-3-7-17-11-14-4-5-16(22-14)15-6-8-18-19-15/h4-6,8,10,17H,3,7,9,11H2,1-2H3,(H,18,19). The molecule has 0 saturated heterocycles. The van der Waals surface area contributed by atoms with Gasteiger partial charge in [0.25, 0.3) is 0 Å². The third kappa shape index (κ3) is 3.46. The van der Waals surface area contributed by atoms with E-state index in [2.05, 4.69) is 38.3 Å². The maximum Gasteiger partial charge on any atom is 0.152 e. The van der Waals surface area contributed by atoms with Gasteiger partial charge in [0, 0.05) is 18.4 Å². The highest BCUT2D eigenvalue weighted by molar-refractivity contribution is 5.51. The van der Waals surface area contributed by atoms with E-state index in [1.165, 1.54) is 5.69 Å². The summed E-state index contributed by atoms with van der Waals surface area (Å²) >= 11 is 0. The molecule has 0 aliphatic carbocycles. The Kier molecular flexibility index (Phi) is 4.39. The zero-order valence-corrected chi connectivity index (χ0v) is 13.0. The molecule has 6 nitrogen and oxygen atoms in total. The fourth-order valence-corrected chi connectivity index (χ4v) is 2.48. The molecule has 0 aromatic carbocycles. The van der Waals surface area contributed by atoms with Crippen LogP contribution in [0.5, 0.6) is 0 Å². The van der Waals surface area contributed by atoms with Crippen LogP contribution in [0.15, 0.2) is 34.9 Å². The fourth-order valence-electron chi connectivity index (χ4n) is 2.48. The van der Waals surface area contributed by atoms with Crippen molar-refractivity contribution in [1.82, 2.24) is 25.3 Å². The molecule has 0 amide bonds. The highest BCUT2D eigenvalue weighted by Gasteiger charge is 2.05. The number of aromatic nitrogens is 4. The van der Waals surface area contributed by atoms with Crippen molar-refractivity contribution in [2.24, 2.45) is 0 Å². The maximum absolute atomic E-state index is 5.76. The van der Waals surface area contributed by atoms with Gasteiger partial charge in [-0.1, -0.05) is 0 Å². The van der Waals surface area contributed by atoms with E-state index in [1.807, 2.05) is 25.1 Å². The summed E-state index contributed by atoms with van der Waals surface area (Å²) in [5.41, 5.74) is 3.19. The van der Waals surface area contributed by atoms with E-state index in [4.69, 9.17) is 4.42 Å². The molecule has 6 heteroatoms. The van der Waals surface area contributed by atoms with Crippen molar-refractivity contribution in [3.63, 3.8) is 0 Å². The molecule has 0 atom stereocenters. The molecule has 0 bridgehead atoms. The van der Waals surface area contributed by atoms with Gasteiger partial charge in [-0.15, -0.1) is 0 Å². The van der Waals surface area contributed by atoms with Gasteiger partial charge < -0.3 is 9.73 Å². The Morgan fingerprint density at radius 2 is 2.18 bits per heavy atom. The predicted molar refractivity (Wildman–Crippen MR) is 84.3 cm³/mol. The number of aryl methyl sites for hydroxylation is 3. The van der Waals surface area contributed by atoms with Crippen molar-refractivity contribution in [2.45, 2.75) is 33.4 Å². The van der Waals surface area contributed by atoms with Crippen LogP contribution >= 0.6 is 0 Å². The first kappa shape index (κ1) is 14.6. The Morgan fingerprint density at radius 3 is 2.91 bits per heavy atom. The normalized spacial score (nSPS) is 11.2. The molecule has 0 aliphatic rings. The molecule has 116 valence electrons. The SMILES string of the molecule is Cc1cc(C)n(CCCNCc2ccc(-c3ccn[nH]3)o2)n1. The van der Waals surface area contributed by atoms with Gasteiger partial charge in [-0.2, -0.15) is 10.2 Å². The van der Waals surface area contributed by atoms with Gasteiger partial charge in [-0.25, -0.2) is 0 Å². The van der Waals surface area contributed by atoms with Crippen LogP contribution in [0, 0.1) is 13.8 Å². The van der Waals surface area contributed by atoms with Crippen LogP contribution < -0.4 is 5.32 Å². The first-order valence-electron chi connectivity index (χ1n) is 7.52. The number of H-pyrrole nitrogens is 1. The monoisotopic (exact) mass is 299 g/mol. The largest absolute Gasteiger partial charge is 0.458 e. The lowest BCUT2D eigenvalue weighted by Gasteiger charge is -2.05. The molecule has 3 heterocycles. The minimum absolute atomic E-state index is 0.727. The first-order chi connectivity index (χ1) is 10.7. The minimum Gasteiger partial charge on any atom is -0.458 e. The Bertz CT molecular complexity index is 711. The van der Waals surface area contributed by atoms with Crippen molar-refractivity contribution in [3.8, 4) is 11.5 Å². The Labute approximate surface area is 129 Å². The number of hydrogen-bond acceptors (Lipinski definition) is 4. The maximum atomic E-state index is 5.76. The third-order valence-corrected chi connectivity index (χ3v) is 3.55. The van der Waals surface area contributed by atoms with Gasteiger partial charge in [0.05, 0.1) is 12.2 Å². The van der Waals surface area contributed by atoms with Crippen LogP contribution in [0.3, 0.4) is 0 Å². The number of hydrogen-bond donors (Lipinski definition) is 2. The van der Waals surface area contributed by atoms with Crippen LogP contribution in [0.25, 0.3) is 11.5 Å². The second-order valence-electron chi connectivity index (χ2n) is 5.42. The average molecular weight is 299 g/mol.